The van der Waals surface area contributed by atoms with E-state index in [0.717, 1.165) is 22.9 Å². The highest BCUT2D eigenvalue weighted by atomic mass is 35.5. The number of aromatic nitrogens is 1. The molecule has 3 rings (SSSR count). The first-order valence-corrected chi connectivity index (χ1v) is 10.3. The molecular formula is C21H26Cl2N2OS. The Kier molecular flexibility index (Phi) is 10.5. The zero-order valence-electron chi connectivity index (χ0n) is 16.2. The van der Waals surface area contributed by atoms with E-state index >= 15 is 0 Å². The van der Waals surface area contributed by atoms with Crippen molar-refractivity contribution in [1.29, 1.82) is 0 Å². The fourth-order valence-corrected chi connectivity index (χ4v) is 4.18. The van der Waals surface area contributed by atoms with E-state index in [1.54, 1.807) is 18.6 Å². The van der Waals surface area contributed by atoms with Crippen LogP contribution in [0.5, 0.6) is 0 Å². The van der Waals surface area contributed by atoms with E-state index in [1.165, 1.54) is 29.8 Å². The van der Waals surface area contributed by atoms with Gasteiger partial charge in [0, 0.05) is 6.04 Å². The summed E-state index contributed by atoms with van der Waals surface area (Å²) < 4.78 is 1.46. The molecule has 0 amide bonds. The fourth-order valence-electron chi connectivity index (χ4n) is 2.69. The largest absolute Gasteiger partial charge is 0.350 e. The number of fused-ring (bicyclic) bond motifs is 1. The smallest absolute Gasteiger partial charge is 0.166 e. The standard InChI is InChI=1S/C11H19N.C7H3Cl2NOS.C3H4/c1-4-5-6-10-8-11(12-3)7-9(10)2;8-5-6-4(12-7(5)9)1-3(2-11)10-6;1-3-2/h5-6,11-12H,4,7-8H2,1-3H3;1-2,10H;1H,2H3/b6-5-;;. The summed E-state index contributed by atoms with van der Waals surface area (Å²) in [5.41, 5.74) is 4.36. The van der Waals surface area contributed by atoms with Crippen LogP contribution in [0.1, 0.15) is 50.5 Å². The van der Waals surface area contributed by atoms with Gasteiger partial charge in [-0.15, -0.1) is 23.7 Å². The van der Waals surface area contributed by atoms with E-state index < -0.39 is 0 Å². The maximum atomic E-state index is 10.4. The molecule has 3 nitrogen and oxygen atoms in total. The number of aldehydes is 1. The first-order chi connectivity index (χ1) is 12.9. The van der Waals surface area contributed by atoms with Gasteiger partial charge in [0.25, 0.3) is 0 Å². The molecule has 1 aliphatic carbocycles. The minimum Gasteiger partial charge on any atom is -0.350 e. The van der Waals surface area contributed by atoms with Crippen molar-refractivity contribution < 1.29 is 4.79 Å². The lowest BCUT2D eigenvalue weighted by atomic mass is 10.1. The van der Waals surface area contributed by atoms with Crippen molar-refractivity contribution in [2.45, 2.75) is 46.1 Å². The molecule has 6 heteroatoms. The van der Waals surface area contributed by atoms with Crippen LogP contribution in [0.3, 0.4) is 0 Å². The number of terminal acetylenes is 1. The van der Waals surface area contributed by atoms with Crippen molar-refractivity contribution >= 4 is 51.0 Å². The van der Waals surface area contributed by atoms with E-state index in [0.29, 0.717) is 21.1 Å². The maximum absolute atomic E-state index is 10.4. The normalized spacial score (nSPS) is 16.0. The quantitative estimate of drug-likeness (QED) is 0.426. The van der Waals surface area contributed by atoms with Crippen molar-refractivity contribution in [2.75, 3.05) is 7.05 Å². The lowest BCUT2D eigenvalue weighted by Crippen LogP contribution is -2.21. The van der Waals surface area contributed by atoms with Crippen molar-refractivity contribution in [1.82, 2.24) is 10.3 Å². The van der Waals surface area contributed by atoms with Crippen LogP contribution in [-0.4, -0.2) is 24.4 Å². The van der Waals surface area contributed by atoms with Gasteiger partial charge in [0.2, 0.25) is 0 Å². The van der Waals surface area contributed by atoms with Gasteiger partial charge < -0.3 is 10.3 Å². The van der Waals surface area contributed by atoms with E-state index in [4.69, 9.17) is 23.2 Å². The molecule has 1 atom stereocenters. The van der Waals surface area contributed by atoms with Gasteiger partial charge in [-0.25, -0.2) is 0 Å². The second-order valence-electron chi connectivity index (χ2n) is 6.07. The number of carbonyl (C=O) groups is 1. The molecule has 0 aliphatic heterocycles. The van der Waals surface area contributed by atoms with E-state index in [2.05, 4.69) is 48.6 Å². The molecule has 1 unspecified atom stereocenters. The molecule has 146 valence electrons. The Morgan fingerprint density at radius 1 is 1.44 bits per heavy atom. The first-order valence-electron chi connectivity index (χ1n) is 8.73. The van der Waals surface area contributed by atoms with Crippen LogP contribution in [0.2, 0.25) is 9.36 Å². The minimum atomic E-state index is 0.491. The van der Waals surface area contributed by atoms with E-state index in [9.17, 15) is 4.79 Å². The first kappa shape index (κ1) is 23.5. The van der Waals surface area contributed by atoms with Crippen LogP contribution in [0.4, 0.5) is 0 Å². The molecule has 0 saturated heterocycles. The van der Waals surface area contributed by atoms with Crippen LogP contribution < -0.4 is 5.32 Å². The van der Waals surface area contributed by atoms with Gasteiger partial charge in [-0.05, 0) is 51.8 Å². The Morgan fingerprint density at radius 3 is 2.59 bits per heavy atom. The molecule has 2 aromatic rings. The van der Waals surface area contributed by atoms with Gasteiger partial charge in [-0.1, -0.05) is 47.9 Å². The van der Waals surface area contributed by atoms with Gasteiger partial charge in [-0.3, -0.25) is 4.79 Å². The number of thiophene rings is 1. The zero-order valence-corrected chi connectivity index (χ0v) is 18.5. The SMILES string of the molecule is C#CC.CC/C=C\C1=C(C)CC(NC)C1.O=Cc1cc2sc(Cl)c(Cl)c2[nH]1. The summed E-state index contributed by atoms with van der Waals surface area (Å²) in [4.78, 5) is 13.2. The number of H-pyrrole nitrogens is 1. The molecule has 2 N–H and O–H groups in total. The summed E-state index contributed by atoms with van der Waals surface area (Å²) in [6, 6.07) is 2.41. The average molecular weight is 425 g/mol. The highest BCUT2D eigenvalue weighted by molar-refractivity contribution is 7.23. The topological polar surface area (TPSA) is 44.9 Å². The van der Waals surface area contributed by atoms with Crippen LogP contribution in [-0.2, 0) is 0 Å². The number of rotatable bonds is 4. The molecule has 0 bridgehead atoms. The Balaban J connectivity index is 0.000000236. The average Bonchev–Trinajstić information content (AvgIpc) is 3.29. The number of allylic oxidation sites excluding steroid dienone is 2. The summed E-state index contributed by atoms with van der Waals surface area (Å²) in [5.74, 6) is 2.25. The summed E-state index contributed by atoms with van der Waals surface area (Å²) in [6.45, 7) is 6.07. The van der Waals surface area contributed by atoms with Crippen LogP contribution in [0.25, 0.3) is 10.2 Å². The zero-order chi connectivity index (χ0) is 20.4. The third-order valence-corrected chi connectivity index (χ3v) is 5.98. The Bertz CT molecular complexity index is 856. The van der Waals surface area contributed by atoms with Crippen molar-refractivity contribution in [2.24, 2.45) is 0 Å². The van der Waals surface area contributed by atoms with Gasteiger partial charge in [0.15, 0.2) is 6.29 Å². The molecule has 0 saturated carbocycles. The second-order valence-corrected chi connectivity index (χ2v) is 8.10. The Hall–Kier alpha value is -1.51. The highest BCUT2D eigenvalue weighted by Crippen LogP contribution is 2.38. The third kappa shape index (κ3) is 6.86. The highest BCUT2D eigenvalue weighted by Gasteiger charge is 2.17. The van der Waals surface area contributed by atoms with E-state index in [1.807, 2.05) is 7.05 Å². The number of carbonyl (C=O) groups excluding carboxylic acids is 1. The molecule has 0 radical (unpaired) electrons. The van der Waals surface area contributed by atoms with E-state index in [-0.39, 0.29) is 0 Å². The van der Waals surface area contributed by atoms with Crippen molar-refractivity contribution in [3.63, 3.8) is 0 Å². The summed E-state index contributed by atoms with van der Waals surface area (Å²) >= 11 is 13.0. The Morgan fingerprint density at radius 2 is 2.11 bits per heavy atom. The number of halogens is 2. The third-order valence-electron chi connectivity index (χ3n) is 4.05. The molecular weight excluding hydrogens is 399 g/mol. The molecule has 2 heterocycles. The summed E-state index contributed by atoms with van der Waals surface area (Å²) in [5, 5.41) is 3.82. The van der Waals surface area contributed by atoms with Crippen molar-refractivity contribution in [3.8, 4) is 12.3 Å². The summed E-state index contributed by atoms with van der Waals surface area (Å²) in [6.07, 6.45) is 13.4. The molecule has 2 aromatic heterocycles. The monoisotopic (exact) mass is 424 g/mol. The lowest BCUT2D eigenvalue weighted by molar-refractivity contribution is 0.112. The van der Waals surface area contributed by atoms with Gasteiger partial charge in [-0.2, -0.15) is 0 Å². The predicted molar refractivity (Wildman–Crippen MR) is 120 cm³/mol. The number of hydrogen-bond donors (Lipinski definition) is 2. The predicted octanol–water partition coefficient (Wildman–Crippen LogP) is 6.64. The molecule has 0 aromatic carbocycles. The number of hydrogen-bond acceptors (Lipinski definition) is 3. The molecule has 27 heavy (non-hydrogen) atoms. The molecule has 0 fully saturated rings. The number of nitrogens with one attached hydrogen (secondary N) is 2. The second kappa shape index (κ2) is 12.0. The fraction of sp³-hybridized carbons (Fsp3) is 0.381. The van der Waals surface area contributed by atoms with Crippen LogP contribution in [0.15, 0.2) is 29.4 Å². The lowest BCUT2D eigenvalue weighted by Gasteiger charge is -2.06. The molecule has 0 spiro atoms. The van der Waals surface area contributed by atoms with Gasteiger partial charge in [0.1, 0.15) is 4.34 Å². The van der Waals surface area contributed by atoms with Crippen LogP contribution in [0, 0.1) is 12.3 Å². The Labute approximate surface area is 175 Å². The maximum Gasteiger partial charge on any atom is 0.166 e. The molecule has 1 aliphatic rings. The summed E-state index contributed by atoms with van der Waals surface area (Å²) in [7, 11) is 2.05. The minimum absolute atomic E-state index is 0.491. The van der Waals surface area contributed by atoms with Gasteiger partial charge in [0.05, 0.1) is 20.9 Å². The van der Waals surface area contributed by atoms with Crippen LogP contribution >= 0.6 is 34.5 Å². The van der Waals surface area contributed by atoms with Gasteiger partial charge >= 0.3 is 0 Å². The number of aromatic amines is 1. The van der Waals surface area contributed by atoms with Crippen molar-refractivity contribution in [3.05, 3.63) is 44.4 Å².